The van der Waals surface area contributed by atoms with Crippen molar-refractivity contribution in [3.8, 4) is 0 Å². The SMILES string of the molecule is CC1CC=CC(N)C(N)C1. The van der Waals surface area contributed by atoms with E-state index in [0.29, 0.717) is 5.92 Å². The summed E-state index contributed by atoms with van der Waals surface area (Å²) < 4.78 is 0. The average Bonchev–Trinajstić information content (AvgIpc) is 1.96. The molecule has 0 amide bonds. The molecule has 1 aliphatic carbocycles. The van der Waals surface area contributed by atoms with Gasteiger partial charge in [0.05, 0.1) is 0 Å². The van der Waals surface area contributed by atoms with Crippen LogP contribution in [0.25, 0.3) is 0 Å². The van der Waals surface area contributed by atoms with Crippen LogP contribution in [0.2, 0.25) is 0 Å². The van der Waals surface area contributed by atoms with E-state index in [4.69, 9.17) is 11.5 Å². The van der Waals surface area contributed by atoms with Crippen LogP contribution in [0, 0.1) is 5.92 Å². The van der Waals surface area contributed by atoms with Gasteiger partial charge in [-0.2, -0.15) is 0 Å². The number of rotatable bonds is 0. The maximum Gasteiger partial charge on any atom is 0.0378 e. The minimum Gasteiger partial charge on any atom is -0.326 e. The van der Waals surface area contributed by atoms with Crippen LogP contribution in [0.5, 0.6) is 0 Å². The highest BCUT2D eigenvalue weighted by Gasteiger charge is 2.16. The van der Waals surface area contributed by atoms with Crippen LogP contribution in [-0.2, 0) is 0 Å². The Bertz CT molecular complexity index is 131. The lowest BCUT2D eigenvalue weighted by Gasteiger charge is -2.16. The molecule has 1 aliphatic rings. The lowest BCUT2D eigenvalue weighted by atomic mass is 9.99. The number of allylic oxidation sites excluding steroid dienone is 1. The first-order chi connectivity index (χ1) is 4.70. The Kier molecular flexibility index (Phi) is 2.46. The number of hydrogen-bond donors (Lipinski definition) is 2. The number of hydrogen-bond acceptors (Lipinski definition) is 2. The second kappa shape index (κ2) is 3.17. The summed E-state index contributed by atoms with van der Waals surface area (Å²) in [5, 5.41) is 0. The third-order valence-electron chi connectivity index (χ3n) is 2.07. The summed E-state index contributed by atoms with van der Waals surface area (Å²) in [4.78, 5) is 0. The van der Waals surface area contributed by atoms with E-state index in [9.17, 15) is 0 Å². The number of nitrogens with two attached hydrogens (primary N) is 2. The Morgan fingerprint density at radius 2 is 2.10 bits per heavy atom. The molecule has 0 spiro atoms. The molecule has 0 radical (unpaired) electrons. The lowest BCUT2D eigenvalue weighted by molar-refractivity contribution is 0.457. The molecule has 0 heterocycles. The maximum atomic E-state index is 5.79. The summed E-state index contributed by atoms with van der Waals surface area (Å²) in [7, 11) is 0. The van der Waals surface area contributed by atoms with Gasteiger partial charge < -0.3 is 11.5 Å². The predicted octanol–water partition coefficient (Wildman–Crippen LogP) is 0.627. The van der Waals surface area contributed by atoms with Crippen LogP contribution in [-0.4, -0.2) is 12.1 Å². The first-order valence-corrected chi connectivity index (χ1v) is 3.88. The molecule has 0 aromatic carbocycles. The van der Waals surface area contributed by atoms with Crippen molar-refractivity contribution in [2.75, 3.05) is 0 Å². The smallest absolute Gasteiger partial charge is 0.0378 e. The monoisotopic (exact) mass is 140 g/mol. The zero-order valence-corrected chi connectivity index (χ0v) is 6.46. The summed E-state index contributed by atoms with van der Waals surface area (Å²) >= 11 is 0. The van der Waals surface area contributed by atoms with Gasteiger partial charge in [0.2, 0.25) is 0 Å². The van der Waals surface area contributed by atoms with Gasteiger partial charge in [-0.3, -0.25) is 0 Å². The van der Waals surface area contributed by atoms with Crippen LogP contribution in [0.4, 0.5) is 0 Å². The summed E-state index contributed by atoms with van der Waals surface area (Å²) in [6.45, 7) is 2.21. The van der Waals surface area contributed by atoms with Crippen LogP contribution < -0.4 is 11.5 Å². The quantitative estimate of drug-likeness (QED) is 0.485. The molecule has 4 N–H and O–H groups in total. The molecule has 0 bridgehead atoms. The first kappa shape index (κ1) is 7.76. The molecule has 10 heavy (non-hydrogen) atoms. The van der Waals surface area contributed by atoms with Gasteiger partial charge >= 0.3 is 0 Å². The highest BCUT2D eigenvalue weighted by molar-refractivity contribution is 5.00. The zero-order valence-electron chi connectivity index (χ0n) is 6.46. The van der Waals surface area contributed by atoms with Crippen LogP contribution in [0.15, 0.2) is 12.2 Å². The van der Waals surface area contributed by atoms with Crippen molar-refractivity contribution in [3.05, 3.63) is 12.2 Å². The van der Waals surface area contributed by atoms with Gasteiger partial charge in [0, 0.05) is 12.1 Å². The fourth-order valence-electron chi connectivity index (χ4n) is 1.33. The maximum absolute atomic E-state index is 5.79. The van der Waals surface area contributed by atoms with Crippen LogP contribution in [0.3, 0.4) is 0 Å². The van der Waals surface area contributed by atoms with Gasteiger partial charge in [0.1, 0.15) is 0 Å². The molecule has 0 aromatic rings. The van der Waals surface area contributed by atoms with Gasteiger partial charge in [-0.1, -0.05) is 19.1 Å². The molecule has 0 saturated carbocycles. The van der Waals surface area contributed by atoms with Gasteiger partial charge in [-0.15, -0.1) is 0 Å². The Hall–Kier alpha value is -0.340. The summed E-state index contributed by atoms with van der Waals surface area (Å²) in [6, 6.07) is 0.235. The molecule has 58 valence electrons. The van der Waals surface area contributed by atoms with Crippen molar-refractivity contribution in [1.29, 1.82) is 0 Å². The van der Waals surface area contributed by atoms with E-state index in [1.165, 1.54) is 0 Å². The predicted molar refractivity (Wildman–Crippen MR) is 43.5 cm³/mol. The molecule has 0 saturated heterocycles. The third-order valence-corrected chi connectivity index (χ3v) is 2.07. The second-order valence-corrected chi connectivity index (χ2v) is 3.25. The topological polar surface area (TPSA) is 52.0 Å². The molecular weight excluding hydrogens is 124 g/mol. The zero-order chi connectivity index (χ0) is 7.56. The highest BCUT2D eigenvalue weighted by atomic mass is 14.8. The third kappa shape index (κ3) is 1.82. The molecule has 0 aromatic heterocycles. The Morgan fingerprint density at radius 1 is 1.40 bits per heavy atom. The average molecular weight is 140 g/mol. The minimum atomic E-state index is 0.0740. The van der Waals surface area contributed by atoms with Crippen molar-refractivity contribution in [2.45, 2.75) is 31.8 Å². The van der Waals surface area contributed by atoms with E-state index < -0.39 is 0 Å². The van der Waals surface area contributed by atoms with Gasteiger partial charge in [-0.25, -0.2) is 0 Å². The van der Waals surface area contributed by atoms with E-state index >= 15 is 0 Å². The fraction of sp³-hybridized carbons (Fsp3) is 0.750. The van der Waals surface area contributed by atoms with Crippen molar-refractivity contribution < 1.29 is 0 Å². The van der Waals surface area contributed by atoms with Gasteiger partial charge in [0.25, 0.3) is 0 Å². The summed E-state index contributed by atoms with van der Waals surface area (Å²) in [6.07, 6.45) is 6.34. The first-order valence-electron chi connectivity index (χ1n) is 3.88. The van der Waals surface area contributed by atoms with Gasteiger partial charge in [-0.05, 0) is 18.8 Å². The van der Waals surface area contributed by atoms with Crippen molar-refractivity contribution in [1.82, 2.24) is 0 Å². The van der Waals surface area contributed by atoms with Gasteiger partial charge in [0.15, 0.2) is 0 Å². The fourth-order valence-corrected chi connectivity index (χ4v) is 1.33. The molecule has 2 nitrogen and oxygen atoms in total. The highest BCUT2D eigenvalue weighted by Crippen LogP contribution is 2.15. The van der Waals surface area contributed by atoms with E-state index in [0.717, 1.165) is 12.8 Å². The molecule has 1 rings (SSSR count). The second-order valence-electron chi connectivity index (χ2n) is 3.25. The molecule has 3 atom stereocenters. The van der Waals surface area contributed by atoms with Crippen LogP contribution >= 0.6 is 0 Å². The van der Waals surface area contributed by atoms with Crippen molar-refractivity contribution >= 4 is 0 Å². The largest absolute Gasteiger partial charge is 0.326 e. The minimum absolute atomic E-state index is 0.0740. The van der Waals surface area contributed by atoms with E-state index in [2.05, 4.69) is 13.0 Å². The van der Waals surface area contributed by atoms with E-state index in [1.807, 2.05) is 6.08 Å². The molecular formula is C8H16N2. The van der Waals surface area contributed by atoms with Crippen molar-refractivity contribution in [3.63, 3.8) is 0 Å². The Morgan fingerprint density at radius 3 is 2.80 bits per heavy atom. The molecule has 3 unspecified atom stereocenters. The van der Waals surface area contributed by atoms with E-state index in [1.54, 1.807) is 0 Å². The summed E-state index contributed by atoms with van der Waals surface area (Å²) in [5.41, 5.74) is 11.5. The summed E-state index contributed by atoms with van der Waals surface area (Å²) in [5.74, 6) is 0.694. The molecule has 0 aliphatic heterocycles. The molecule has 0 fully saturated rings. The normalized spacial score (nSPS) is 41.3. The molecule has 2 heteroatoms. The lowest BCUT2D eigenvalue weighted by Crippen LogP contribution is -2.39. The Labute approximate surface area is 62.3 Å². The van der Waals surface area contributed by atoms with Crippen molar-refractivity contribution in [2.24, 2.45) is 17.4 Å². The Balaban J connectivity index is 2.53. The van der Waals surface area contributed by atoms with Crippen LogP contribution in [0.1, 0.15) is 19.8 Å². The standard InChI is InChI=1S/C8H16N2/c1-6-3-2-4-7(9)8(10)5-6/h2,4,6-8H,3,5,9-10H2,1H3. The van der Waals surface area contributed by atoms with E-state index in [-0.39, 0.29) is 12.1 Å².